The summed E-state index contributed by atoms with van der Waals surface area (Å²) >= 11 is 0. The Morgan fingerprint density at radius 2 is 2.00 bits per heavy atom. The fourth-order valence-corrected chi connectivity index (χ4v) is 1.38. The number of oxime groups is 1. The number of hydrogen-bond donors (Lipinski definition) is 0. The first kappa shape index (κ1) is 16.2. The lowest BCUT2D eigenvalue weighted by Crippen LogP contribution is -2.03. The molecule has 0 saturated carbocycles. The molecule has 0 aromatic heterocycles. The van der Waals surface area contributed by atoms with Crippen LogP contribution >= 0.6 is 0 Å². The molecule has 1 rings (SSSR count). The molecule has 0 aliphatic rings. The molecule has 7 heteroatoms. The van der Waals surface area contributed by atoms with Crippen LogP contribution in [0.4, 0.5) is 8.78 Å². The summed E-state index contributed by atoms with van der Waals surface area (Å²) in [5.41, 5.74) is 0.648. The van der Waals surface area contributed by atoms with Crippen LogP contribution in [0.15, 0.2) is 23.4 Å². The third kappa shape index (κ3) is 5.83. The van der Waals surface area contributed by atoms with E-state index >= 15 is 0 Å². The molecule has 1 aromatic carbocycles. The van der Waals surface area contributed by atoms with E-state index < -0.39 is 6.61 Å². The number of nitrogens with zero attached hydrogens (tertiary/aromatic N) is 1. The first-order valence-electron chi connectivity index (χ1n) is 5.94. The van der Waals surface area contributed by atoms with Gasteiger partial charge in [-0.05, 0) is 18.2 Å². The Morgan fingerprint density at radius 3 is 2.65 bits per heavy atom. The minimum atomic E-state index is -2.90. The smallest absolute Gasteiger partial charge is 0.387 e. The van der Waals surface area contributed by atoms with Gasteiger partial charge in [0.2, 0.25) is 0 Å². The number of benzene rings is 1. The van der Waals surface area contributed by atoms with Crippen molar-refractivity contribution >= 4 is 6.21 Å². The van der Waals surface area contributed by atoms with Crippen LogP contribution in [-0.2, 0) is 9.57 Å². The number of methoxy groups -OCH3 is 2. The van der Waals surface area contributed by atoms with Crippen LogP contribution in [-0.4, -0.2) is 40.3 Å². The monoisotopic (exact) mass is 289 g/mol. The SMILES string of the molecule is COCCCON=Cc1ccc(OC(F)F)c(OC)c1. The van der Waals surface area contributed by atoms with Gasteiger partial charge in [0.25, 0.3) is 0 Å². The van der Waals surface area contributed by atoms with Gasteiger partial charge in [0.15, 0.2) is 11.5 Å². The molecule has 0 atom stereocenters. The average molecular weight is 289 g/mol. The molecule has 0 unspecified atom stereocenters. The van der Waals surface area contributed by atoms with Gasteiger partial charge < -0.3 is 19.0 Å². The first-order valence-corrected chi connectivity index (χ1v) is 5.94. The van der Waals surface area contributed by atoms with E-state index in [9.17, 15) is 8.78 Å². The minimum absolute atomic E-state index is 0.0272. The van der Waals surface area contributed by atoms with Crippen LogP contribution in [0.25, 0.3) is 0 Å². The zero-order valence-electron chi connectivity index (χ0n) is 11.3. The first-order chi connectivity index (χ1) is 9.67. The van der Waals surface area contributed by atoms with E-state index in [0.29, 0.717) is 18.8 Å². The Balaban J connectivity index is 2.56. The standard InChI is InChI=1S/C13H17F2NO4/c1-17-6-3-7-19-16-9-10-4-5-11(20-13(14)15)12(8-10)18-2/h4-5,8-9,13H,3,6-7H2,1-2H3. The highest BCUT2D eigenvalue weighted by Crippen LogP contribution is 2.28. The van der Waals surface area contributed by atoms with Crippen molar-refractivity contribution in [2.24, 2.45) is 5.16 Å². The third-order valence-electron chi connectivity index (χ3n) is 2.26. The zero-order valence-corrected chi connectivity index (χ0v) is 11.3. The lowest BCUT2D eigenvalue weighted by Gasteiger charge is -2.09. The third-order valence-corrected chi connectivity index (χ3v) is 2.26. The van der Waals surface area contributed by atoms with E-state index in [2.05, 4.69) is 9.89 Å². The highest BCUT2D eigenvalue weighted by Gasteiger charge is 2.10. The topological polar surface area (TPSA) is 49.3 Å². The van der Waals surface area contributed by atoms with Gasteiger partial charge >= 0.3 is 6.61 Å². The van der Waals surface area contributed by atoms with Crippen molar-refractivity contribution in [3.8, 4) is 11.5 Å². The Bertz CT molecular complexity index is 427. The molecule has 0 heterocycles. The van der Waals surface area contributed by atoms with Gasteiger partial charge in [-0.15, -0.1) is 0 Å². The molecule has 0 fully saturated rings. The maximum absolute atomic E-state index is 12.2. The normalized spacial score (nSPS) is 11.1. The lowest BCUT2D eigenvalue weighted by atomic mass is 10.2. The fourth-order valence-electron chi connectivity index (χ4n) is 1.38. The number of rotatable bonds is 9. The Kier molecular flexibility index (Phi) is 7.34. The molecule has 0 aliphatic carbocycles. The molecular formula is C13H17F2NO4. The molecule has 0 bridgehead atoms. The summed E-state index contributed by atoms with van der Waals surface area (Å²) in [5, 5.41) is 3.75. The van der Waals surface area contributed by atoms with Gasteiger partial charge in [-0.2, -0.15) is 8.78 Å². The van der Waals surface area contributed by atoms with E-state index in [1.807, 2.05) is 0 Å². The van der Waals surface area contributed by atoms with E-state index in [1.165, 1.54) is 25.5 Å². The number of halogens is 2. The maximum atomic E-state index is 12.2. The highest BCUT2D eigenvalue weighted by molar-refractivity contribution is 5.80. The number of ether oxygens (including phenoxy) is 3. The van der Waals surface area contributed by atoms with Gasteiger partial charge in [0.05, 0.1) is 13.3 Å². The largest absolute Gasteiger partial charge is 0.493 e. The molecule has 0 N–H and O–H groups in total. The lowest BCUT2D eigenvalue weighted by molar-refractivity contribution is -0.0512. The summed E-state index contributed by atoms with van der Waals surface area (Å²) in [6.07, 6.45) is 2.19. The molecular weight excluding hydrogens is 272 g/mol. The summed E-state index contributed by atoms with van der Waals surface area (Å²) in [4.78, 5) is 5.01. The summed E-state index contributed by atoms with van der Waals surface area (Å²) in [7, 11) is 2.98. The molecule has 0 aliphatic heterocycles. The van der Waals surface area contributed by atoms with Crippen LogP contribution in [0.2, 0.25) is 0 Å². The second kappa shape index (κ2) is 9.08. The molecule has 0 radical (unpaired) electrons. The zero-order chi connectivity index (χ0) is 14.8. The Morgan fingerprint density at radius 1 is 1.20 bits per heavy atom. The van der Waals surface area contributed by atoms with Gasteiger partial charge in [0.1, 0.15) is 6.61 Å². The van der Waals surface area contributed by atoms with Gasteiger partial charge in [0, 0.05) is 25.7 Å². The second-order valence-corrected chi connectivity index (χ2v) is 3.70. The van der Waals surface area contributed by atoms with Crippen molar-refractivity contribution in [2.45, 2.75) is 13.0 Å². The second-order valence-electron chi connectivity index (χ2n) is 3.70. The van der Waals surface area contributed by atoms with Crippen molar-refractivity contribution in [1.82, 2.24) is 0 Å². The summed E-state index contributed by atoms with van der Waals surface area (Å²) in [6.45, 7) is -1.86. The van der Waals surface area contributed by atoms with Crippen LogP contribution in [0.3, 0.4) is 0 Å². The number of hydrogen-bond acceptors (Lipinski definition) is 5. The van der Waals surface area contributed by atoms with Crippen LogP contribution < -0.4 is 9.47 Å². The minimum Gasteiger partial charge on any atom is -0.493 e. The Hall–Kier alpha value is -1.89. The average Bonchev–Trinajstić information content (AvgIpc) is 2.43. The maximum Gasteiger partial charge on any atom is 0.387 e. The van der Waals surface area contributed by atoms with E-state index in [1.54, 1.807) is 13.2 Å². The van der Waals surface area contributed by atoms with Crippen molar-refractivity contribution < 1.29 is 27.8 Å². The van der Waals surface area contributed by atoms with E-state index in [-0.39, 0.29) is 11.5 Å². The van der Waals surface area contributed by atoms with E-state index in [4.69, 9.17) is 14.3 Å². The number of alkyl halides is 2. The van der Waals surface area contributed by atoms with Crippen LogP contribution in [0, 0.1) is 0 Å². The summed E-state index contributed by atoms with van der Waals surface area (Å²) in [5.74, 6) is 0.175. The van der Waals surface area contributed by atoms with Gasteiger partial charge in [-0.25, -0.2) is 0 Å². The molecule has 0 saturated heterocycles. The van der Waals surface area contributed by atoms with Crippen molar-refractivity contribution in [3.05, 3.63) is 23.8 Å². The molecule has 0 amide bonds. The highest BCUT2D eigenvalue weighted by atomic mass is 19.3. The van der Waals surface area contributed by atoms with Crippen molar-refractivity contribution in [2.75, 3.05) is 27.4 Å². The van der Waals surface area contributed by atoms with Gasteiger partial charge in [-0.3, -0.25) is 0 Å². The van der Waals surface area contributed by atoms with E-state index in [0.717, 1.165) is 6.42 Å². The molecule has 20 heavy (non-hydrogen) atoms. The van der Waals surface area contributed by atoms with Crippen molar-refractivity contribution in [1.29, 1.82) is 0 Å². The Labute approximate surface area is 116 Å². The quantitative estimate of drug-likeness (QED) is 0.398. The molecule has 112 valence electrons. The predicted molar refractivity (Wildman–Crippen MR) is 69.7 cm³/mol. The molecule has 0 spiro atoms. The summed E-state index contributed by atoms with van der Waals surface area (Å²) < 4.78 is 38.4. The molecule has 1 aromatic rings. The van der Waals surface area contributed by atoms with Crippen molar-refractivity contribution in [3.63, 3.8) is 0 Å². The summed E-state index contributed by atoms with van der Waals surface area (Å²) in [6, 6.07) is 4.49. The van der Waals surface area contributed by atoms with Crippen LogP contribution in [0.5, 0.6) is 11.5 Å². The fraction of sp³-hybridized carbons (Fsp3) is 0.462. The predicted octanol–water partition coefficient (Wildman–Crippen LogP) is 2.68. The molecule has 5 nitrogen and oxygen atoms in total. The van der Waals surface area contributed by atoms with Gasteiger partial charge in [-0.1, -0.05) is 5.16 Å². The van der Waals surface area contributed by atoms with Crippen LogP contribution in [0.1, 0.15) is 12.0 Å².